The topological polar surface area (TPSA) is 87.4 Å². The standard InChI is InChI=1S/C15H30N6O.HI/c1-5-16-15(18-10-14-19-11-20-21(14)4)17-9-13(6-7-22)8-12(2)3;/h11-13,22H,5-10H2,1-4H3,(H2,16,17,18);1H. The predicted molar refractivity (Wildman–Crippen MR) is 104 cm³/mol. The van der Waals surface area contributed by atoms with E-state index in [0.717, 1.165) is 37.7 Å². The number of hydrogen-bond acceptors (Lipinski definition) is 4. The van der Waals surface area contributed by atoms with Crippen molar-refractivity contribution in [1.82, 2.24) is 25.4 Å². The summed E-state index contributed by atoms with van der Waals surface area (Å²) in [6.07, 6.45) is 3.44. The highest BCUT2D eigenvalue weighted by molar-refractivity contribution is 14.0. The van der Waals surface area contributed by atoms with Crippen LogP contribution in [0.4, 0.5) is 0 Å². The van der Waals surface area contributed by atoms with Gasteiger partial charge in [0.25, 0.3) is 0 Å². The maximum Gasteiger partial charge on any atom is 0.191 e. The molecular weight excluding hydrogens is 407 g/mol. The lowest BCUT2D eigenvalue weighted by Crippen LogP contribution is -2.40. The number of guanidine groups is 1. The molecule has 23 heavy (non-hydrogen) atoms. The van der Waals surface area contributed by atoms with Crippen LogP contribution >= 0.6 is 24.0 Å². The van der Waals surface area contributed by atoms with Crippen LogP contribution < -0.4 is 10.6 Å². The molecule has 0 fully saturated rings. The third-order valence-electron chi connectivity index (χ3n) is 3.43. The van der Waals surface area contributed by atoms with Crippen LogP contribution in [0, 0.1) is 11.8 Å². The van der Waals surface area contributed by atoms with E-state index in [1.165, 1.54) is 6.33 Å². The fourth-order valence-electron chi connectivity index (χ4n) is 2.35. The normalized spacial score (nSPS) is 12.9. The van der Waals surface area contributed by atoms with Gasteiger partial charge in [0.15, 0.2) is 5.96 Å². The highest BCUT2D eigenvalue weighted by atomic mass is 127. The van der Waals surface area contributed by atoms with Crippen molar-refractivity contribution >= 4 is 29.9 Å². The number of aliphatic imine (C=N–C) groups is 1. The fourth-order valence-corrected chi connectivity index (χ4v) is 2.35. The molecule has 0 aromatic carbocycles. The van der Waals surface area contributed by atoms with Gasteiger partial charge in [0.2, 0.25) is 0 Å². The van der Waals surface area contributed by atoms with Crippen LogP contribution in [0.5, 0.6) is 0 Å². The van der Waals surface area contributed by atoms with Crippen molar-refractivity contribution in [2.24, 2.45) is 23.9 Å². The summed E-state index contributed by atoms with van der Waals surface area (Å²) < 4.78 is 1.72. The summed E-state index contributed by atoms with van der Waals surface area (Å²) in [6, 6.07) is 0. The number of nitrogens with one attached hydrogen (secondary N) is 2. The Morgan fingerprint density at radius 3 is 2.65 bits per heavy atom. The summed E-state index contributed by atoms with van der Waals surface area (Å²) in [5, 5.41) is 19.8. The van der Waals surface area contributed by atoms with Crippen molar-refractivity contribution in [1.29, 1.82) is 0 Å². The van der Waals surface area contributed by atoms with Gasteiger partial charge in [-0.05, 0) is 31.6 Å². The SMILES string of the molecule is CCNC(=NCc1ncnn1C)NCC(CCO)CC(C)C.I. The maximum absolute atomic E-state index is 9.19. The Morgan fingerprint density at radius 2 is 2.13 bits per heavy atom. The van der Waals surface area contributed by atoms with E-state index in [9.17, 15) is 5.11 Å². The quantitative estimate of drug-likeness (QED) is 0.309. The number of aliphatic hydroxyl groups is 1. The van der Waals surface area contributed by atoms with Gasteiger partial charge < -0.3 is 15.7 Å². The van der Waals surface area contributed by atoms with Gasteiger partial charge in [-0.3, -0.25) is 4.68 Å². The Balaban J connectivity index is 0.00000484. The van der Waals surface area contributed by atoms with Crippen LogP contribution in [0.15, 0.2) is 11.3 Å². The number of rotatable bonds is 9. The number of aryl methyl sites for hydroxylation is 1. The van der Waals surface area contributed by atoms with Crippen molar-refractivity contribution in [2.75, 3.05) is 19.7 Å². The summed E-state index contributed by atoms with van der Waals surface area (Å²) in [7, 11) is 1.86. The molecule has 0 saturated carbocycles. The summed E-state index contributed by atoms with van der Waals surface area (Å²) in [5.41, 5.74) is 0. The monoisotopic (exact) mass is 438 g/mol. The van der Waals surface area contributed by atoms with Gasteiger partial charge in [0.05, 0.1) is 0 Å². The Morgan fingerprint density at radius 1 is 1.39 bits per heavy atom. The van der Waals surface area contributed by atoms with Crippen LogP contribution in [-0.2, 0) is 13.6 Å². The van der Waals surface area contributed by atoms with Crippen LogP contribution in [0.3, 0.4) is 0 Å². The minimum absolute atomic E-state index is 0. The molecule has 8 heteroatoms. The molecule has 7 nitrogen and oxygen atoms in total. The van der Waals surface area contributed by atoms with E-state index >= 15 is 0 Å². The first kappa shape index (κ1) is 22.1. The zero-order chi connectivity index (χ0) is 16.4. The third-order valence-corrected chi connectivity index (χ3v) is 3.43. The van der Waals surface area contributed by atoms with Gasteiger partial charge in [0, 0.05) is 26.7 Å². The molecule has 1 heterocycles. The number of aliphatic hydroxyl groups excluding tert-OH is 1. The summed E-state index contributed by atoms with van der Waals surface area (Å²) in [4.78, 5) is 8.70. The second kappa shape index (κ2) is 12.5. The number of nitrogens with zero attached hydrogens (tertiary/aromatic N) is 4. The zero-order valence-electron chi connectivity index (χ0n) is 14.6. The molecule has 0 radical (unpaired) electrons. The zero-order valence-corrected chi connectivity index (χ0v) is 16.9. The van der Waals surface area contributed by atoms with Gasteiger partial charge in [-0.1, -0.05) is 13.8 Å². The summed E-state index contributed by atoms with van der Waals surface area (Å²) >= 11 is 0. The molecule has 0 aliphatic carbocycles. The minimum atomic E-state index is 0. The van der Waals surface area contributed by atoms with Crippen LogP contribution in [-0.4, -0.2) is 45.5 Å². The molecule has 0 saturated heterocycles. The average Bonchev–Trinajstić information content (AvgIpc) is 2.87. The lowest BCUT2D eigenvalue weighted by Gasteiger charge is -2.20. The van der Waals surface area contributed by atoms with Crippen molar-refractivity contribution in [3.8, 4) is 0 Å². The highest BCUT2D eigenvalue weighted by Gasteiger charge is 2.11. The van der Waals surface area contributed by atoms with Crippen molar-refractivity contribution in [3.05, 3.63) is 12.2 Å². The molecule has 0 aliphatic rings. The van der Waals surface area contributed by atoms with E-state index in [-0.39, 0.29) is 30.6 Å². The maximum atomic E-state index is 9.19. The van der Waals surface area contributed by atoms with E-state index in [0.29, 0.717) is 18.4 Å². The van der Waals surface area contributed by atoms with E-state index in [2.05, 4.69) is 39.6 Å². The minimum Gasteiger partial charge on any atom is -0.396 e. The number of halogens is 1. The van der Waals surface area contributed by atoms with Gasteiger partial charge >= 0.3 is 0 Å². The Labute approximate surface area is 156 Å². The van der Waals surface area contributed by atoms with E-state index < -0.39 is 0 Å². The first-order chi connectivity index (χ1) is 10.6. The molecule has 0 amide bonds. The second-order valence-electron chi connectivity index (χ2n) is 5.88. The van der Waals surface area contributed by atoms with Crippen molar-refractivity contribution < 1.29 is 5.11 Å². The molecule has 1 unspecified atom stereocenters. The van der Waals surface area contributed by atoms with Gasteiger partial charge in [0.1, 0.15) is 18.7 Å². The lowest BCUT2D eigenvalue weighted by atomic mass is 9.94. The van der Waals surface area contributed by atoms with Gasteiger partial charge in [-0.15, -0.1) is 24.0 Å². The number of aromatic nitrogens is 3. The number of hydrogen-bond donors (Lipinski definition) is 3. The smallest absolute Gasteiger partial charge is 0.191 e. The molecule has 0 spiro atoms. The fraction of sp³-hybridized carbons (Fsp3) is 0.800. The van der Waals surface area contributed by atoms with Gasteiger partial charge in [-0.2, -0.15) is 5.10 Å². The molecule has 3 N–H and O–H groups in total. The lowest BCUT2D eigenvalue weighted by molar-refractivity contribution is 0.243. The molecule has 1 rings (SSSR count). The highest BCUT2D eigenvalue weighted by Crippen LogP contribution is 2.14. The van der Waals surface area contributed by atoms with E-state index in [1.807, 2.05) is 14.0 Å². The largest absolute Gasteiger partial charge is 0.396 e. The molecule has 1 atom stereocenters. The van der Waals surface area contributed by atoms with E-state index in [4.69, 9.17) is 0 Å². The van der Waals surface area contributed by atoms with Crippen LogP contribution in [0.2, 0.25) is 0 Å². The van der Waals surface area contributed by atoms with Crippen molar-refractivity contribution in [2.45, 2.75) is 40.2 Å². The first-order valence-corrected chi connectivity index (χ1v) is 8.02. The molecule has 0 bridgehead atoms. The summed E-state index contributed by atoms with van der Waals surface area (Å²) in [5.74, 6) is 2.67. The molecular formula is C15H31IN6O. The van der Waals surface area contributed by atoms with Crippen molar-refractivity contribution in [3.63, 3.8) is 0 Å². The van der Waals surface area contributed by atoms with Gasteiger partial charge in [-0.25, -0.2) is 9.98 Å². The molecule has 1 aromatic rings. The Kier molecular flexibility index (Phi) is 12.0. The molecule has 0 aliphatic heterocycles. The Hall–Kier alpha value is -0.900. The first-order valence-electron chi connectivity index (χ1n) is 8.02. The summed E-state index contributed by atoms with van der Waals surface area (Å²) in [6.45, 7) is 8.78. The Bertz CT molecular complexity index is 449. The third kappa shape index (κ3) is 9.09. The predicted octanol–water partition coefficient (Wildman–Crippen LogP) is 1.53. The van der Waals surface area contributed by atoms with E-state index in [1.54, 1.807) is 4.68 Å². The van der Waals surface area contributed by atoms with Crippen LogP contribution in [0.1, 0.15) is 39.4 Å². The average molecular weight is 438 g/mol. The van der Waals surface area contributed by atoms with Crippen LogP contribution in [0.25, 0.3) is 0 Å². The molecule has 1 aromatic heterocycles. The second-order valence-corrected chi connectivity index (χ2v) is 5.88. The molecule has 134 valence electrons.